The third-order valence-electron chi connectivity index (χ3n) is 4.76. The third-order valence-corrected chi connectivity index (χ3v) is 4.76. The Bertz CT molecular complexity index is 1190. The topological polar surface area (TPSA) is 126 Å². The van der Waals surface area contributed by atoms with E-state index in [1.54, 1.807) is 12.3 Å². The van der Waals surface area contributed by atoms with Crippen LogP contribution in [0.25, 0.3) is 5.65 Å². The number of aromatic nitrogens is 5. The van der Waals surface area contributed by atoms with Crippen molar-refractivity contribution in [1.29, 1.82) is 0 Å². The van der Waals surface area contributed by atoms with Crippen molar-refractivity contribution in [2.24, 2.45) is 5.41 Å². The highest BCUT2D eigenvalue weighted by Crippen LogP contribution is 2.26. The highest BCUT2D eigenvalue weighted by molar-refractivity contribution is 5.96. The Labute approximate surface area is 173 Å². The molecule has 1 aliphatic rings. The Morgan fingerprint density at radius 2 is 2.07 bits per heavy atom. The summed E-state index contributed by atoms with van der Waals surface area (Å²) in [6, 6.07) is 1.70. The molecule has 1 aliphatic carbocycles. The van der Waals surface area contributed by atoms with Crippen molar-refractivity contribution in [3.8, 4) is 5.88 Å². The van der Waals surface area contributed by atoms with E-state index < -0.39 is 17.3 Å². The lowest BCUT2D eigenvalue weighted by atomic mass is 9.97. The summed E-state index contributed by atoms with van der Waals surface area (Å²) in [5.74, 6) is -0.120. The molecule has 0 radical (unpaired) electrons. The van der Waals surface area contributed by atoms with Gasteiger partial charge in [-0.1, -0.05) is 20.8 Å². The van der Waals surface area contributed by atoms with Gasteiger partial charge in [-0.3, -0.25) is 14.2 Å². The van der Waals surface area contributed by atoms with Gasteiger partial charge in [0.1, 0.15) is 17.8 Å². The standard InChI is InChI=1S/C20H25N7O3/c1-11-8-21-10-22-16(11)24-13-7-14-26(9-20(2,3)4)18(29)15(19(30)27(14)25-13)17(28)23-12-5-6-12/h7-8,10,12,30H,5-6,9H2,1-4H3,(H,23,28)(H,21,22,24,25). The molecule has 0 aliphatic heterocycles. The minimum absolute atomic E-state index is 0.0543. The predicted octanol–water partition coefficient (Wildman–Crippen LogP) is 1.98. The number of carbonyl (C=O) groups excluding carboxylic acids is 1. The van der Waals surface area contributed by atoms with Gasteiger partial charge < -0.3 is 15.7 Å². The first-order valence-electron chi connectivity index (χ1n) is 9.84. The van der Waals surface area contributed by atoms with Crippen LogP contribution < -0.4 is 16.2 Å². The summed E-state index contributed by atoms with van der Waals surface area (Å²) in [5.41, 5.74) is 0.108. The van der Waals surface area contributed by atoms with Crippen LogP contribution in [0.15, 0.2) is 23.4 Å². The maximum absolute atomic E-state index is 13.2. The van der Waals surface area contributed by atoms with Crippen molar-refractivity contribution >= 4 is 23.2 Å². The first-order chi connectivity index (χ1) is 14.1. The van der Waals surface area contributed by atoms with Crippen LogP contribution in [0.4, 0.5) is 11.6 Å². The highest BCUT2D eigenvalue weighted by atomic mass is 16.3. The molecule has 1 saturated carbocycles. The zero-order valence-electron chi connectivity index (χ0n) is 17.4. The molecule has 0 bridgehead atoms. The number of nitrogens with one attached hydrogen (secondary N) is 2. The predicted molar refractivity (Wildman–Crippen MR) is 111 cm³/mol. The summed E-state index contributed by atoms with van der Waals surface area (Å²) in [4.78, 5) is 34.0. The van der Waals surface area contributed by atoms with E-state index in [0.717, 1.165) is 18.4 Å². The lowest BCUT2D eigenvalue weighted by Crippen LogP contribution is -2.37. The molecule has 3 aromatic rings. The molecule has 0 spiro atoms. The summed E-state index contributed by atoms with van der Waals surface area (Å²) < 4.78 is 2.69. The molecule has 0 aromatic carbocycles. The molecule has 10 nitrogen and oxygen atoms in total. The second-order valence-corrected chi connectivity index (χ2v) is 8.88. The van der Waals surface area contributed by atoms with Crippen LogP contribution in [0, 0.1) is 12.3 Å². The van der Waals surface area contributed by atoms with Gasteiger partial charge in [-0.25, -0.2) is 9.97 Å². The zero-order chi connectivity index (χ0) is 21.6. The largest absolute Gasteiger partial charge is 0.492 e. The van der Waals surface area contributed by atoms with Crippen LogP contribution in [0.2, 0.25) is 0 Å². The van der Waals surface area contributed by atoms with Gasteiger partial charge in [0, 0.05) is 30.4 Å². The molecule has 4 rings (SSSR count). The average Bonchev–Trinajstić information content (AvgIpc) is 3.36. The molecule has 0 unspecified atom stereocenters. The van der Waals surface area contributed by atoms with Crippen molar-refractivity contribution < 1.29 is 9.90 Å². The van der Waals surface area contributed by atoms with Crippen molar-refractivity contribution in [2.45, 2.75) is 53.1 Å². The monoisotopic (exact) mass is 411 g/mol. The lowest BCUT2D eigenvalue weighted by Gasteiger charge is -2.21. The Morgan fingerprint density at radius 1 is 1.33 bits per heavy atom. The van der Waals surface area contributed by atoms with Gasteiger partial charge in [0.25, 0.3) is 11.5 Å². The van der Waals surface area contributed by atoms with E-state index in [-0.39, 0.29) is 17.0 Å². The van der Waals surface area contributed by atoms with Gasteiger partial charge in [-0.05, 0) is 25.2 Å². The van der Waals surface area contributed by atoms with Gasteiger partial charge >= 0.3 is 0 Å². The van der Waals surface area contributed by atoms with Crippen LogP contribution in [-0.2, 0) is 6.54 Å². The lowest BCUT2D eigenvalue weighted by molar-refractivity contribution is 0.0944. The molecular formula is C20H25N7O3. The number of hydrogen-bond acceptors (Lipinski definition) is 7. The summed E-state index contributed by atoms with van der Waals surface area (Å²) in [5, 5.41) is 21.0. The Hall–Kier alpha value is -3.43. The number of aromatic hydroxyl groups is 1. The third kappa shape index (κ3) is 3.85. The van der Waals surface area contributed by atoms with E-state index in [2.05, 4.69) is 25.7 Å². The number of amides is 1. The molecule has 158 valence electrons. The normalized spacial score (nSPS) is 14.1. The molecule has 1 fully saturated rings. The first-order valence-corrected chi connectivity index (χ1v) is 9.84. The number of nitrogens with zero attached hydrogens (tertiary/aromatic N) is 5. The molecule has 30 heavy (non-hydrogen) atoms. The minimum atomic E-state index is -0.582. The van der Waals surface area contributed by atoms with E-state index in [9.17, 15) is 14.7 Å². The Kier molecular flexibility index (Phi) is 4.71. The Morgan fingerprint density at radius 3 is 2.70 bits per heavy atom. The SMILES string of the molecule is Cc1cncnc1Nc1cc2n(CC(C)(C)C)c(=O)c(C(=O)NC3CC3)c(O)n2n1. The van der Waals surface area contributed by atoms with E-state index in [0.29, 0.717) is 23.8 Å². The van der Waals surface area contributed by atoms with Gasteiger partial charge in [0.15, 0.2) is 11.4 Å². The summed E-state index contributed by atoms with van der Waals surface area (Å²) in [7, 11) is 0. The van der Waals surface area contributed by atoms with Crippen LogP contribution in [-0.4, -0.2) is 41.2 Å². The number of rotatable bonds is 5. The number of fused-ring (bicyclic) bond motifs is 1. The highest BCUT2D eigenvalue weighted by Gasteiger charge is 2.30. The minimum Gasteiger partial charge on any atom is -0.492 e. The molecule has 0 saturated heterocycles. The van der Waals surface area contributed by atoms with Gasteiger partial charge in [0.2, 0.25) is 5.88 Å². The molecule has 10 heteroatoms. The van der Waals surface area contributed by atoms with Crippen molar-refractivity contribution in [2.75, 3.05) is 5.32 Å². The van der Waals surface area contributed by atoms with Crippen molar-refractivity contribution in [1.82, 2.24) is 29.5 Å². The molecule has 3 heterocycles. The molecule has 3 aromatic heterocycles. The fourth-order valence-electron chi connectivity index (χ4n) is 3.18. The van der Waals surface area contributed by atoms with Gasteiger partial charge in [-0.2, -0.15) is 4.52 Å². The second kappa shape index (κ2) is 7.12. The number of hydrogen-bond donors (Lipinski definition) is 3. The second-order valence-electron chi connectivity index (χ2n) is 8.88. The van der Waals surface area contributed by atoms with Crippen molar-refractivity contribution in [3.63, 3.8) is 0 Å². The quantitative estimate of drug-likeness (QED) is 0.586. The van der Waals surface area contributed by atoms with Gasteiger partial charge in [-0.15, -0.1) is 5.10 Å². The van der Waals surface area contributed by atoms with Crippen LogP contribution in [0.1, 0.15) is 49.5 Å². The van der Waals surface area contributed by atoms with Crippen LogP contribution >= 0.6 is 0 Å². The van der Waals surface area contributed by atoms with E-state index in [1.165, 1.54) is 15.4 Å². The van der Waals surface area contributed by atoms with E-state index in [1.807, 2.05) is 27.7 Å². The van der Waals surface area contributed by atoms with Crippen molar-refractivity contribution in [3.05, 3.63) is 40.1 Å². The molecule has 1 amide bonds. The fourth-order valence-corrected chi connectivity index (χ4v) is 3.18. The maximum atomic E-state index is 13.2. The van der Waals surface area contributed by atoms with Crippen LogP contribution in [0.3, 0.4) is 0 Å². The molecule has 0 atom stereocenters. The first kappa shape index (κ1) is 19.9. The molecule has 3 N–H and O–H groups in total. The summed E-state index contributed by atoms with van der Waals surface area (Å²) >= 11 is 0. The summed E-state index contributed by atoms with van der Waals surface area (Å²) in [6.45, 7) is 8.17. The smallest absolute Gasteiger partial charge is 0.270 e. The number of carbonyl (C=O) groups is 1. The van der Waals surface area contributed by atoms with Crippen LogP contribution in [0.5, 0.6) is 5.88 Å². The Balaban J connectivity index is 1.86. The molecular weight excluding hydrogens is 386 g/mol. The summed E-state index contributed by atoms with van der Waals surface area (Å²) in [6.07, 6.45) is 4.83. The van der Waals surface area contributed by atoms with E-state index in [4.69, 9.17) is 0 Å². The average molecular weight is 411 g/mol. The maximum Gasteiger partial charge on any atom is 0.270 e. The number of anilines is 2. The number of aryl methyl sites for hydroxylation is 1. The van der Waals surface area contributed by atoms with Gasteiger partial charge in [0.05, 0.1) is 0 Å². The van der Waals surface area contributed by atoms with E-state index >= 15 is 0 Å². The fraction of sp³-hybridized carbons (Fsp3) is 0.450. The zero-order valence-corrected chi connectivity index (χ0v) is 17.4.